The standard InChI is InChI=1S/C15H16FNO2/c1-10(17-12-5-3-4-11(16)8-12)14-9-13(19-2)6-7-15(14)18/h3-10,17-18H,1-2H3. The molecule has 0 aromatic heterocycles. The van der Waals surface area contributed by atoms with Crippen LogP contribution < -0.4 is 10.1 Å². The van der Waals surface area contributed by atoms with Gasteiger partial charge in [-0.25, -0.2) is 4.39 Å². The smallest absolute Gasteiger partial charge is 0.125 e. The summed E-state index contributed by atoms with van der Waals surface area (Å²) in [5.74, 6) is 0.546. The van der Waals surface area contributed by atoms with Crippen molar-refractivity contribution in [2.45, 2.75) is 13.0 Å². The lowest BCUT2D eigenvalue weighted by molar-refractivity contribution is 0.410. The Morgan fingerprint density at radius 1 is 1.21 bits per heavy atom. The minimum atomic E-state index is -0.299. The first-order valence-electron chi connectivity index (χ1n) is 5.99. The number of halogens is 1. The highest BCUT2D eigenvalue weighted by Crippen LogP contribution is 2.30. The SMILES string of the molecule is COc1ccc(O)c(C(C)Nc2cccc(F)c2)c1. The molecule has 0 aliphatic carbocycles. The summed E-state index contributed by atoms with van der Waals surface area (Å²) in [6.07, 6.45) is 0. The molecule has 2 rings (SSSR count). The Morgan fingerprint density at radius 2 is 2.00 bits per heavy atom. The summed E-state index contributed by atoms with van der Waals surface area (Å²) in [4.78, 5) is 0. The zero-order valence-electron chi connectivity index (χ0n) is 10.9. The Balaban J connectivity index is 2.22. The van der Waals surface area contributed by atoms with Crippen LogP contribution in [-0.4, -0.2) is 12.2 Å². The molecule has 0 heterocycles. The first-order valence-corrected chi connectivity index (χ1v) is 5.99. The molecule has 1 atom stereocenters. The van der Waals surface area contributed by atoms with Gasteiger partial charge in [0, 0.05) is 11.3 Å². The van der Waals surface area contributed by atoms with Crippen LogP contribution in [0, 0.1) is 5.82 Å². The van der Waals surface area contributed by atoms with E-state index in [0.29, 0.717) is 17.0 Å². The second-order valence-electron chi connectivity index (χ2n) is 4.30. The monoisotopic (exact) mass is 261 g/mol. The zero-order valence-corrected chi connectivity index (χ0v) is 10.9. The Bertz CT molecular complexity index is 572. The minimum Gasteiger partial charge on any atom is -0.508 e. The van der Waals surface area contributed by atoms with Gasteiger partial charge < -0.3 is 15.2 Å². The van der Waals surface area contributed by atoms with E-state index in [2.05, 4.69) is 5.32 Å². The van der Waals surface area contributed by atoms with Crippen molar-refractivity contribution in [3.05, 3.63) is 53.8 Å². The fourth-order valence-electron chi connectivity index (χ4n) is 1.91. The van der Waals surface area contributed by atoms with E-state index in [9.17, 15) is 9.50 Å². The Kier molecular flexibility index (Phi) is 3.90. The number of phenols is 1. The molecule has 2 aromatic carbocycles. The van der Waals surface area contributed by atoms with Crippen LogP contribution >= 0.6 is 0 Å². The van der Waals surface area contributed by atoms with E-state index in [1.807, 2.05) is 6.92 Å². The third kappa shape index (κ3) is 3.16. The molecular formula is C15H16FNO2. The maximum absolute atomic E-state index is 13.1. The Labute approximate surface area is 111 Å². The zero-order chi connectivity index (χ0) is 13.8. The van der Waals surface area contributed by atoms with Crippen molar-refractivity contribution in [1.82, 2.24) is 0 Å². The molecule has 0 aliphatic heterocycles. The molecule has 0 amide bonds. The average molecular weight is 261 g/mol. The molecule has 0 bridgehead atoms. The van der Waals surface area contributed by atoms with Crippen molar-refractivity contribution in [2.75, 3.05) is 12.4 Å². The first kappa shape index (κ1) is 13.2. The summed E-state index contributed by atoms with van der Waals surface area (Å²) in [6.45, 7) is 1.89. The molecule has 0 radical (unpaired) electrons. The summed E-state index contributed by atoms with van der Waals surface area (Å²) >= 11 is 0. The lowest BCUT2D eigenvalue weighted by Crippen LogP contribution is -2.07. The van der Waals surface area contributed by atoms with E-state index in [1.165, 1.54) is 12.1 Å². The van der Waals surface area contributed by atoms with Gasteiger partial charge in [-0.3, -0.25) is 0 Å². The van der Waals surface area contributed by atoms with Crippen LogP contribution in [0.2, 0.25) is 0 Å². The van der Waals surface area contributed by atoms with Crippen LogP contribution in [0.5, 0.6) is 11.5 Å². The van der Waals surface area contributed by atoms with Gasteiger partial charge in [0.05, 0.1) is 13.2 Å². The fourth-order valence-corrected chi connectivity index (χ4v) is 1.91. The molecule has 0 fully saturated rings. The Morgan fingerprint density at radius 3 is 2.68 bits per heavy atom. The topological polar surface area (TPSA) is 41.5 Å². The maximum atomic E-state index is 13.1. The van der Waals surface area contributed by atoms with Crippen LogP contribution in [0.4, 0.5) is 10.1 Å². The molecule has 19 heavy (non-hydrogen) atoms. The third-order valence-corrected chi connectivity index (χ3v) is 2.91. The van der Waals surface area contributed by atoms with Crippen molar-refractivity contribution >= 4 is 5.69 Å². The molecular weight excluding hydrogens is 245 g/mol. The van der Waals surface area contributed by atoms with Crippen LogP contribution in [0.25, 0.3) is 0 Å². The van der Waals surface area contributed by atoms with Gasteiger partial charge in [0.25, 0.3) is 0 Å². The van der Waals surface area contributed by atoms with Crippen LogP contribution in [0.15, 0.2) is 42.5 Å². The van der Waals surface area contributed by atoms with Crippen molar-refractivity contribution < 1.29 is 14.2 Å². The van der Waals surface area contributed by atoms with Crippen LogP contribution in [0.1, 0.15) is 18.5 Å². The number of rotatable bonds is 4. The first-order chi connectivity index (χ1) is 9.10. The molecule has 2 N–H and O–H groups in total. The van der Waals surface area contributed by atoms with Gasteiger partial charge in [-0.1, -0.05) is 6.07 Å². The summed E-state index contributed by atoms with van der Waals surface area (Å²) in [5.41, 5.74) is 1.36. The molecule has 3 nitrogen and oxygen atoms in total. The summed E-state index contributed by atoms with van der Waals surface area (Å²) < 4.78 is 18.2. The number of ether oxygens (including phenoxy) is 1. The predicted octanol–water partition coefficient (Wildman–Crippen LogP) is 3.71. The number of aromatic hydroxyl groups is 1. The van der Waals surface area contributed by atoms with Crippen molar-refractivity contribution in [3.8, 4) is 11.5 Å². The molecule has 2 aromatic rings. The van der Waals surface area contributed by atoms with E-state index in [0.717, 1.165) is 0 Å². The number of nitrogens with one attached hydrogen (secondary N) is 1. The highest BCUT2D eigenvalue weighted by molar-refractivity contribution is 5.49. The van der Waals surface area contributed by atoms with Gasteiger partial charge in [-0.05, 0) is 43.3 Å². The number of phenolic OH excluding ortho intramolecular Hbond substituents is 1. The minimum absolute atomic E-state index is 0.170. The largest absolute Gasteiger partial charge is 0.508 e. The van der Waals surface area contributed by atoms with Crippen LogP contribution in [0.3, 0.4) is 0 Å². The van der Waals surface area contributed by atoms with Crippen molar-refractivity contribution in [2.24, 2.45) is 0 Å². The van der Waals surface area contributed by atoms with Gasteiger partial charge in [-0.2, -0.15) is 0 Å². The lowest BCUT2D eigenvalue weighted by atomic mass is 10.1. The second-order valence-corrected chi connectivity index (χ2v) is 4.30. The van der Waals surface area contributed by atoms with Crippen molar-refractivity contribution in [1.29, 1.82) is 0 Å². The fraction of sp³-hybridized carbons (Fsp3) is 0.200. The normalized spacial score (nSPS) is 11.9. The summed E-state index contributed by atoms with van der Waals surface area (Å²) in [6, 6.07) is 11.1. The average Bonchev–Trinajstić information content (AvgIpc) is 2.39. The second kappa shape index (κ2) is 5.61. The van der Waals surface area contributed by atoms with Gasteiger partial charge in [-0.15, -0.1) is 0 Å². The van der Waals surface area contributed by atoms with E-state index in [-0.39, 0.29) is 17.6 Å². The van der Waals surface area contributed by atoms with Crippen LogP contribution in [-0.2, 0) is 0 Å². The van der Waals surface area contributed by atoms with Gasteiger partial charge >= 0.3 is 0 Å². The lowest BCUT2D eigenvalue weighted by Gasteiger charge is -2.17. The summed E-state index contributed by atoms with van der Waals surface area (Å²) in [5, 5.41) is 13.0. The number of methoxy groups -OCH3 is 1. The number of hydrogen-bond acceptors (Lipinski definition) is 3. The molecule has 0 spiro atoms. The summed E-state index contributed by atoms with van der Waals surface area (Å²) in [7, 11) is 1.57. The maximum Gasteiger partial charge on any atom is 0.125 e. The van der Waals surface area contributed by atoms with Gasteiger partial charge in [0.2, 0.25) is 0 Å². The van der Waals surface area contributed by atoms with E-state index < -0.39 is 0 Å². The molecule has 0 saturated heterocycles. The number of benzene rings is 2. The molecule has 0 aliphatic rings. The van der Waals surface area contributed by atoms with Gasteiger partial charge in [0.1, 0.15) is 17.3 Å². The highest BCUT2D eigenvalue weighted by Gasteiger charge is 2.11. The predicted molar refractivity (Wildman–Crippen MR) is 73.1 cm³/mol. The molecule has 1 unspecified atom stereocenters. The molecule has 100 valence electrons. The Hall–Kier alpha value is -2.23. The highest BCUT2D eigenvalue weighted by atomic mass is 19.1. The molecule has 0 saturated carbocycles. The van der Waals surface area contributed by atoms with E-state index in [4.69, 9.17) is 4.74 Å². The quantitative estimate of drug-likeness (QED) is 0.881. The van der Waals surface area contributed by atoms with Crippen molar-refractivity contribution in [3.63, 3.8) is 0 Å². The number of hydrogen-bond donors (Lipinski definition) is 2. The van der Waals surface area contributed by atoms with Gasteiger partial charge in [0.15, 0.2) is 0 Å². The van der Waals surface area contributed by atoms with E-state index in [1.54, 1.807) is 37.4 Å². The number of anilines is 1. The van der Waals surface area contributed by atoms with E-state index >= 15 is 0 Å². The molecule has 4 heteroatoms. The third-order valence-electron chi connectivity index (χ3n) is 2.91.